The maximum atomic E-state index is 13.5. The van der Waals surface area contributed by atoms with Gasteiger partial charge in [0.1, 0.15) is 5.82 Å². The van der Waals surface area contributed by atoms with Crippen molar-refractivity contribution in [3.8, 4) is 11.5 Å². The number of aromatic nitrogens is 2. The Hall–Kier alpha value is -3.80. The molecule has 5 nitrogen and oxygen atoms in total. The summed E-state index contributed by atoms with van der Waals surface area (Å²) >= 11 is 0. The van der Waals surface area contributed by atoms with Crippen LogP contribution >= 0.6 is 0 Å². The average molecular weight is 401 g/mol. The third-order valence-corrected chi connectivity index (χ3v) is 4.92. The van der Waals surface area contributed by atoms with Crippen LogP contribution < -0.4 is 0 Å². The number of benzene rings is 3. The number of amides is 1. The fourth-order valence-electron chi connectivity index (χ4n) is 3.41. The van der Waals surface area contributed by atoms with E-state index in [-0.39, 0.29) is 17.8 Å². The zero-order valence-electron chi connectivity index (χ0n) is 16.6. The van der Waals surface area contributed by atoms with Gasteiger partial charge in [-0.05, 0) is 54.4 Å². The predicted molar refractivity (Wildman–Crippen MR) is 111 cm³/mol. The highest BCUT2D eigenvalue weighted by Gasteiger charge is 2.24. The first-order valence-electron chi connectivity index (χ1n) is 9.51. The number of carbonyl (C=O) groups is 1. The predicted octanol–water partition coefficient (Wildman–Crippen LogP) is 5.05. The lowest BCUT2D eigenvalue weighted by molar-refractivity contribution is 0.0755. The third-order valence-electron chi connectivity index (χ3n) is 4.92. The SMILES string of the molecule is Cc1noc(-c2ccc(C(=O)N(C)C(c3ccccc3)c3ccc(F)cc3)cc2)n1. The second kappa shape index (κ2) is 8.29. The highest BCUT2D eigenvalue weighted by atomic mass is 19.1. The maximum absolute atomic E-state index is 13.5. The van der Waals surface area contributed by atoms with E-state index in [1.807, 2.05) is 30.3 Å². The molecule has 30 heavy (non-hydrogen) atoms. The Balaban J connectivity index is 1.64. The van der Waals surface area contributed by atoms with E-state index in [4.69, 9.17) is 4.52 Å². The zero-order valence-corrected chi connectivity index (χ0v) is 16.6. The Morgan fingerprint density at radius 1 is 0.933 bits per heavy atom. The first-order valence-corrected chi connectivity index (χ1v) is 9.51. The van der Waals surface area contributed by atoms with Gasteiger partial charge in [0.2, 0.25) is 0 Å². The Morgan fingerprint density at radius 2 is 1.57 bits per heavy atom. The van der Waals surface area contributed by atoms with Crippen molar-refractivity contribution < 1.29 is 13.7 Å². The van der Waals surface area contributed by atoms with Crippen molar-refractivity contribution in [2.45, 2.75) is 13.0 Å². The van der Waals surface area contributed by atoms with Crippen LogP contribution in [-0.2, 0) is 0 Å². The number of halogens is 1. The van der Waals surface area contributed by atoms with Crippen LogP contribution in [0, 0.1) is 12.7 Å². The zero-order chi connectivity index (χ0) is 21.1. The van der Waals surface area contributed by atoms with Gasteiger partial charge in [-0.2, -0.15) is 4.98 Å². The second-order valence-corrected chi connectivity index (χ2v) is 7.00. The molecule has 1 aromatic heterocycles. The molecule has 1 amide bonds. The van der Waals surface area contributed by atoms with Gasteiger partial charge in [0.15, 0.2) is 5.82 Å². The molecule has 0 aliphatic rings. The monoisotopic (exact) mass is 401 g/mol. The summed E-state index contributed by atoms with van der Waals surface area (Å²) in [5, 5.41) is 3.79. The molecule has 0 N–H and O–H groups in total. The summed E-state index contributed by atoms with van der Waals surface area (Å²) in [7, 11) is 1.75. The number of hydrogen-bond donors (Lipinski definition) is 0. The molecule has 6 heteroatoms. The number of carbonyl (C=O) groups excluding carboxylic acids is 1. The minimum atomic E-state index is -0.349. The lowest BCUT2D eigenvalue weighted by Gasteiger charge is -2.29. The Kier molecular flexibility index (Phi) is 5.39. The fourth-order valence-corrected chi connectivity index (χ4v) is 3.41. The van der Waals surface area contributed by atoms with E-state index in [1.54, 1.807) is 55.3 Å². The molecule has 0 aliphatic carbocycles. The van der Waals surface area contributed by atoms with Gasteiger partial charge in [0.25, 0.3) is 11.8 Å². The minimum Gasteiger partial charge on any atom is -0.334 e. The van der Waals surface area contributed by atoms with Gasteiger partial charge in [-0.15, -0.1) is 0 Å². The number of hydrogen-bond acceptors (Lipinski definition) is 4. The highest BCUT2D eigenvalue weighted by molar-refractivity contribution is 5.95. The van der Waals surface area contributed by atoms with E-state index in [0.29, 0.717) is 17.3 Å². The summed E-state index contributed by atoms with van der Waals surface area (Å²) in [5.41, 5.74) is 3.04. The molecule has 3 aromatic carbocycles. The molecule has 1 unspecified atom stereocenters. The first-order chi connectivity index (χ1) is 14.5. The Labute approximate surface area is 173 Å². The molecule has 4 aromatic rings. The van der Waals surface area contributed by atoms with Crippen LogP contribution in [0.5, 0.6) is 0 Å². The van der Waals surface area contributed by atoms with E-state index in [1.165, 1.54) is 12.1 Å². The van der Waals surface area contributed by atoms with Crippen molar-refractivity contribution in [1.29, 1.82) is 0 Å². The maximum Gasteiger partial charge on any atom is 0.257 e. The van der Waals surface area contributed by atoms with Crippen LogP contribution in [0.4, 0.5) is 4.39 Å². The van der Waals surface area contributed by atoms with Gasteiger partial charge in [-0.1, -0.05) is 47.6 Å². The van der Waals surface area contributed by atoms with Gasteiger partial charge in [-0.25, -0.2) is 4.39 Å². The molecule has 4 rings (SSSR count). The van der Waals surface area contributed by atoms with Gasteiger partial charge >= 0.3 is 0 Å². The summed E-state index contributed by atoms with van der Waals surface area (Å²) in [4.78, 5) is 19.1. The topological polar surface area (TPSA) is 59.2 Å². The average Bonchev–Trinajstić information content (AvgIpc) is 3.22. The van der Waals surface area contributed by atoms with Gasteiger partial charge < -0.3 is 9.42 Å². The standard InChI is InChI=1S/C24H20FN3O2/c1-16-26-23(30-27-16)19-8-10-20(11-9-19)24(29)28(2)22(17-6-4-3-5-7-17)18-12-14-21(25)15-13-18/h3-15,22H,1-2H3. The number of nitrogens with zero attached hydrogens (tertiary/aromatic N) is 3. The number of aryl methyl sites for hydroxylation is 1. The summed E-state index contributed by atoms with van der Waals surface area (Å²) in [6.07, 6.45) is 0. The normalized spacial score (nSPS) is 11.8. The van der Waals surface area contributed by atoms with Crippen LogP contribution in [0.3, 0.4) is 0 Å². The van der Waals surface area contributed by atoms with Crippen molar-refractivity contribution in [1.82, 2.24) is 15.0 Å². The molecule has 1 heterocycles. The Bertz CT molecular complexity index is 1140. The van der Waals surface area contributed by atoms with Crippen LogP contribution in [0.25, 0.3) is 11.5 Å². The van der Waals surface area contributed by atoms with E-state index in [9.17, 15) is 9.18 Å². The summed E-state index contributed by atoms with van der Waals surface area (Å²) in [5.74, 6) is 0.496. The molecule has 1 atom stereocenters. The second-order valence-electron chi connectivity index (χ2n) is 7.00. The van der Waals surface area contributed by atoms with E-state index in [2.05, 4.69) is 10.1 Å². The molecule has 150 valence electrons. The van der Waals surface area contributed by atoms with Gasteiger partial charge in [-0.3, -0.25) is 4.79 Å². The summed E-state index contributed by atoms with van der Waals surface area (Å²) in [6, 6.07) is 22.6. The molecule has 0 fully saturated rings. The highest BCUT2D eigenvalue weighted by Crippen LogP contribution is 2.29. The Morgan fingerprint density at radius 3 is 2.17 bits per heavy atom. The smallest absolute Gasteiger partial charge is 0.257 e. The van der Waals surface area contributed by atoms with Crippen LogP contribution in [0.1, 0.15) is 33.4 Å². The molecule has 0 aliphatic heterocycles. The van der Waals surface area contributed by atoms with Crippen LogP contribution in [-0.4, -0.2) is 28.0 Å². The van der Waals surface area contributed by atoms with Crippen molar-refractivity contribution >= 4 is 5.91 Å². The van der Waals surface area contributed by atoms with Crippen LogP contribution in [0.2, 0.25) is 0 Å². The van der Waals surface area contributed by atoms with Crippen molar-refractivity contribution in [3.63, 3.8) is 0 Å². The van der Waals surface area contributed by atoms with Crippen molar-refractivity contribution in [2.24, 2.45) is 0 Å². The largest absolute Gasteiger partial charge is 0.334 e. The van der Waals surface area contributed by atoms with Crippen molar-refractivity contribution in [2.75, 3.05) is 7.05 Å². The van der Waals surface area contributed by atoms with Crippen LogP contribution in [0.15, 0.2) is 83.4 Å². The lowest BCUT2D eigenvalue weighted by Crippen LogP contribution is -2.32. The summed E-state index contributed by atoms with van der Waals surface area (Å²) < 4.78 is 18.6. The van der Waals surface area contributed by atoms with Gasteiger partial charge in [0, 0.05) is 18.2 Å². The fraction of sp³-hybridized carbons (Fsp3) is 0.125. The molecule has 0 saturated heterocycles. The molecular weight excluding hydrogens is 381 g/mol. The molecule has 0 bridgehead atoms. The van der Waals surface area contributed by atoms with E-state index in [0.717, 1.165) is 16.7 Å². The van der Waals surface area contributed by atoms with Gasteiger partial charge in [0.05, 0.1) is 6.04 Å². The first kappa shape index (κ1) is 19.5. The lowest BCUT2D eigenvalue weighted by atomic mass is 9.96. The number of rotatable bonds is 5. The van der Waals surface area contributed by atoms with Crippen molar-refractivity contribution in [3.05, 3.63) is 107 Å². The quantitative estimate of drug-likeness (QED) is 0.470. The minimum absolute atomic E-state index is 0.151. The molecule has 0 spiro atoms. The van der Waals surface area contributed by atoms with E-state index < -0.39 is 0 Å². The molecular formula is C24H20FN3O2. The van der Waals surface area contributed by atoms with E-state index >= 15 is 0 Å². The summed E-state index contributed by atoms with van der Waals surface area (Å²) in [6.45, 7) is 1.75. The molecule has 0 radical (unpaired) electrons. The molecule has 0 saturated carbocycles. The third kappa shape index (κ3) is 3.98.